The average Bonchev–Trinajstić information content (AvgIpc) is 2.91. The van der Waals surface area contributed by atoms with Gasteiger partial charge in [-0.2, -0.15) is 0 Å². The van der Waals surface area contributed by atoms with Crippen molar-refractivity contribution in [3.05, 3.63) is 59.2 Å². The summed E-state index contributed by atoms with van der Waals surface area (Å²) < 4.78 is 25.5. The molecule has 0 bridgehead atoms. The molecule has 0 aliphatic carbocycles. The molecule has 3 rings (SSSR count). The van der Waals surface area contributed by atoms with Gasteiger partial charge in [0.15, 0.2) is 0 Å². The third-order valence-electron chi connectivity index (χ3n) is 4.35. The number of amides is 1. The molecular formula is C18H20N2O3S. The van der Waals surface area contributed by atoms with Gasteiger partial charge in [-0.05, 0) is 55.7 Å². The Morgan fingerprint density at radius 1 is 1.12 bits per heavy atom. The van der Waals surface area contributed by atoms with Crippen molar-refractivity contribution in [2.45, 2.75) is 20.3 Å². The van der Waals surface area contributed by atoms with E-state index in [1.807, 2.05) is 32.0 Å². The molecule has 1 fully saturated rings. The quantitative estimate of drug-likeness (QED) is 0.930. The lowest BCUT2D eigenvalue weighted by atomic mass is 10.1. The normalized spacial score (nSPS) is 16.2. The summed E-state index contributed by atoms with van der Waals surface area (Å²) in [6.45, 7) is 4.41. The predicted octanol–water partition coefficient (Wildman–Crippen LogP) is 3.10. The standard InChI is InChI=1S/C18H20N2O3S/c1-13-6-3-9-17(14(13)2)19-18(21)15-7-4-8-16(12-15)20-10-5-11-24(20,22)23/h3-4,6-9,12H,5,10-11H2,1-2H3,(H,19,21). The maximum Gasteiger partial charge on any atom is 0.255 e. The van der Waals surface area contributed by atoms with Gasteiger partial charge >= 0.3 is 0 Å². The Hall–Kier alpha value is -2.34. The first-order valence-corrected chi connectivity index (χ1v) is 9.47. The molecule has 2 aromatic rings. The van der Waals surface area contributed by atoms with Gasteiger partial charge in [0, 0.05) is 17.8 Å². The largest absolute Gasteiger partial charge is 0.322 e. The number of hydrogen-bond donors (Lipinski definition) is 1. The lowest BCUT2D eigenvalue weighted by Crippen LogP contribution is -2.25. The van der Waals surface area contributed by atoms with E-state index >= 15 is 0 Å². The summed E-state index contributed by atoms with van der Waals surface area (Å²) in [6.07, 6.45) is 0.612. The Bertz CT molecular complexity index is 891. The molecule has 1 saturated heterocycles. The van der Waals surface area contributed by atoms with Crippen molar-refractivity contribution in [2.24, 2.45) is 0 Å². The Morgan fingerprint density at radius 3 is 2.58 bits per heavy atom. The Labute approximate surface area is 142 Å². The summed E-state index contributed by atoms with van der Waals surface area (Å²) in [7, 11) is -3.25. The number of carbonyl (C=O) groups excluding carboxylic acids is 1. The molecule has 1 heterocycles. The number of aryl methyl sites for hydroxylation is 1. The number of nitrogens with one attached hydrogen (secondary N) is 1. The molecule has 0 unspecified atom stereocenters. The minimum absolute atomic E-state index is 0.159. The first-order valence-electron chi connectivity index (χ1n) is 7.86. The summed E-state index contributed by atoms with van der Waals surface area (Å²) >= 11 is 0. The molecule has 1 amide bonds. The van der Waals surface area contributed by atoms with E-state index in [1.165, 1.54) is 4.31 Å². The van der Waals surface area contributed by atoms with Gasteiger partial charge < -0.3 is 5.32 Å². The summed E-state index contributed by atoms with van der Waals surface area (Å²) in [5.41, 5.74) is 3.87. The van der Waals surface area contributed by atoms with E-state index in [-0.39, 0.29) is 11.7 Å². The smallest absolute Gasteiger partial charge is 0.255 e. The van der Waals surface area contributed by atoms with Gasteiger partial charge in [0.05, 0.1) is 11.4 Å². The van der Waals surface area contributed by atoms with Gasteiger partial charge in [-0.15, -0.1) is 0 Å². The van der Waals surface area contributed by atoms with Crippen molar-refractivity contribution >= 4 is 27.3 Å². The Balaban J connectivity index is 1.86. The second-order valence-electron chi connectivity index (χ2n) is 5.99. The van der Waals surface area contributed by atoms with Crippen molar-refractivity contribution in [2.75, 3.05) is 21.9 Å². The first kappa shape index (κ1) is 16.5. The highest BCUT2D eigenvalue weighted by atomic mass is 32.2. The van der Waals surface area contributed by atoms with Crippen LogP contribution in [0.1, 0.15) is 27.9 Å². The van der Waals surface area contributed by atoms with E-state index in [0.29, 0.717) is 24.2 Å². The molecule has 0 aromatic heterocycles. The lowest BCUT2D eigenvalue weighted by molar-refractivity contribution is 0.102. The van der Waals surface area contributed by atoms with Crippen LogP contribution < -0.4 is 9.62 Å². The predicted molar refractivity (Wildman–Crippen MR) is 96.1 cm³/mol. The molecule has 1 aliphatic rings. The molecule has 0 spiro atoms. The van der Waals surface area contributed by atoms with Crippen molar-refractivity contribution in [1.29, 1.82) is 0 Å². The van der Waals surface area contributed by atoms with Crippen LogP contribution in [-0.4, -0.2) is 26.6 Å². The topological polar surface area (TPSA) is 66.5 Å². The van der Waals surface area contributed by atoms with Crippen LogP contribution in [0.5, 0.6) is 0 Å². The third-order valence-corrected chi connectivity index (χ3v) is 6.22. The van der Waals surface area contributed by atoms with E-state index in [0.717, 1.165) is 16.8 Å². The van der Waals surface area contributed by atoms with Crippen LogP contribution in [0.3, 0.4) is 0 Å². The zero-order valence-electron chi connectivity index (χ0n) is 13.7. The third kappa shape index (κ3) is 3.14. The molecule has 0 radical (unpaired) electrons. The highest BCUT2D eigenvalue weighted by molar-refractivity contribution is 7.93. The van der Waals surface area contributed by atoms with E-state index < -0.39 is 10.0 Å². The van der Waals surface area contributed by atoms with Crippen molar-refractivity contribution in [3.63, 3.8) is 0 Å². The molecular weight excluding hydrogens is 324 g/mol. The minimum Gasteiger partial charge on any atom is -0.322 e. The molecule has 2 aromatic carbocycles. The number of nitrogens with zero attached hydrogens (tertiary/aromatic N) is 1. The van der Waals surface area contributed by atoms with Crippen LogP contribution in [0.4, 0.5) is 11.4 Å². The maximum atomic E-state index is 12.5. The first-order chi connectivity index (χ1) is 11.4. The highest BCUT2D eigenvalue weighted by Crippen LogP contribution is 2.25. The zero-order valence-corrected chi connectivity index (χ0v) is 14.6. The number of sulfonamides is 1. The molecule has 0 saturated carbocycles. The number of anilines is 2. The molecule has 126 valence electrons. The van der Waals surface area contributed by atoms with Gasteiger partial charge in [0.2, 0.25) is 10.0 Å². The number of hydrogen-bond acceptors (Lipinski definition) is 3. The minimum atomic E-state index is -3.25. The molecule has 0 atom stereocenters. The molecule has 24 heavy (non-hydrogen) atoms. The monoisotopic (exact) mass is 344 g/mol. The van der Waals surface area contributed by atoms with Crippen LogP contribution in [0.25, 0.3) is 0 Å². The molecule has 1 N–H and O–H groups in total. The Kier molecular flexibility index (Phi) is 4.32. The second kappa shape index (κ2) is 6.28. The number of carbonyl (C=O) groups is 1. The average molecular weight is 344 g/mol. The fourth-order valence-electron chi connectivity index (χ4n) is 2.81. The van der Waals surface area contributed by atoms with Gasteiger partial charge in [-0.3, -0.25) is 9.10 Å². The van der Waals surface area contributed by atoms with Gasteiger partial charge in [-0.1, -0.05) is 18.2 Å². The van der Waals surface area contributed by atoms with Crippen molar-refractivity contribution in [1.82, 2.24) is 0 Å². The molecule has 5 nitrogen and oxygen atoms in total. The van der Waals surface area contributed by atoms with Crippen LogP contribution in [-0.2, 0) is 10.0 Å². The summed E-state index contributed by atoms with van der Waals surface area (Å²) in [6, 6.07) is 12.5. The fourth-order valence-corrected chi connectivity index (χ4v) is 4.37. The van der Waals surface area contributed by atoms with Gasteiger partial charge in [0.1, 0.15) is 0 Å². The van der Waals surface area contributed by atoms with E-state index in [1.54, 1.807) is 24.3 Å². The van der Waals surface area contributed by atoms with Crippen LogP contribution >= 0.6 is 0 Å². The van der Waals surface area contributed by atoms with Gasteiger partial charge in [-0.25, -0.2) is 8.42 Å². The second-order valence-corrected chi connectivity index (χ2v) is 8.01. The SMILES string of the molecule is Cc1cccc(NC(=O)c2cccc(N3CCCS3(=O)=O)c2)c1C. The van der Waals surface area contributed by atoms with Crippen molar-refractivity contribution in [3.8, 4) is 0 Å². The molecule has 6 heteroatoms. The van der Waals surface area contributed by atoms with E-state index in [9.17, 15) is 13.2 Å². The summed E-state index contributed by atoms with van der Waals surface area (Å²) in [5.74, 6) is -0.0894. The zero-order chi connectivity index (χ0) is 17.3. The van der Waals surface area contributed by atoms with Crippen LogP contribution in [0.15, 0.2) is 42.5 Å². The van der Waals surface area contributed by atoms with Gasteiger partial charge in [0.25, 0.3) is 5.91 Å². The van der Waals surface area contributed by atoms with Crippen LogP contribution in [0.2, 0.25) is 0 Å². The summed E-state index contributed by atoms with van der Waals surface area (Å²) in [5, 5.41) is 2.90. The summed E-state index contributed by atoms with van der Waals surface area (Å²) in [4.78, 5) is 12.5. The van der Waals surface area contributed by atoms with E-state index in [4.69, 9.17) is 0 Å². The fraction of sp³-hybridized carbons (Fsp3) is 0.278. The maximum absolute atomic E-state index is 12.5. The number of rotatable bonds is 3. The molecule has 1 aliphatic heterocycles. The van der Waals surface area contributed by atoms with E-state index in [2.05, 4.69) is 5.32 Å². The van der Waals surface area contributed by atoms with Crippen molar-refractivity contribution < 1.29 is 13.2 Å². The number of benzene rings is 2. The lowest BCUT2D eigenvalue weighted by Gasteiger charge is -2.17. The highest BCUT2D eigenvalue weighted by Gasteiger charge is 2.28. The Morgan fingerprint density at radius 2 is 1.88 bits per heavy atom. The van der Waals surface area contributed by atoms with Crippen LogP contribution in [0, 0.1) is 13.8 Å².